The third kappa shape index (κ3) is 4.31. The van der Waals surface area contributed by atoms with Gasteiger partial charge < -0.3 is 5.32 Å². The third-order valence-corrected chi connectivity index (χ3v) is 4.44. The molecule has 1 fully saturated rings. The zero-order valence-corrected chi connectivity index (χ0v) is 13.1. The van der Waals surface area contributed by atoms with E-state index in [1.54, 1.807) is 12.1 Å². The SMILES string of the molecule is Cc1cc(F)cc(C2CCCCCC2CNC(C)C)c1. The van der Waals surface area contributed by atoms with Crippen molar-refractivity contribution >= 4 is 0 Å². The van der Waals surface area contributed by atoms with Crippen LogP contribution in [0.5, 0.6) is 0 Å². The molecule has 20 heavy (non-hydrogen) atoms. The number of halogens is 1. The number of aryl methyl sites for hydroxylation is 1. The summed E-state index contributed by atoms with van der Waals surface area (Å²) in [5, 5.41) is 3.58. The molecule has 1 aliphatic rings. The van der Waals surface area contributed by atoms with Crippen LogP contribution in [0.4, 0.5) is 4.39 Å². The minimum absolute atomic E-state index is 0.0835. The normalized spacial score (nSPS) is 23.9. The van der Waals surface area contributed by atoms with Gasteiger partial charge in [0.15, 0.2) is 0 Å². The molecule has 1 saturated carbocycles. The molecule has 0 aliphatic heterocycles. The summed E-state index contributed by atoms with van der Waals surface area (Å²) in [6.07, 6.45) is 6.38. The van der Waals surface area contributed by atoms with Crippen LogP contribution in [0.2, 0.25) is 0 Å². The monoisotopic (exact) mass is 277 g/mol. The van der Waals surface area contributed by atoms with Crippen LogP contribution in [0.25, 0.3) is 0 Å². The molecule has 1 aliphatic carbocycles. The molecule has 1 N–H and O–H groups in total. The zero-order valence-electron chi connectivity index (χ0n) is 13.1. The van der Waals surface area contributed by atoms with Crippen molar-refractivity contribution in [2.45, 2.75) is 64.8 Å². The molecule has 2 atom stereocenters. The Hall–Kier alpha value is -0.890. The molecule has 1 nitrogen and oxygen atoms in total. The number of rotatable bonds is 4. The van der Waals surface area contributed by atoms with Crippen molar-refractivity contribution in [3.63, 3.8) is 0 Å². The molecular formula is C18H28FN. The van der Waals surface area contributed by atoms with Gasteiger partial charge in [0.1, 0.15) is 5.82 Å². The van der Waals surface area contributed by atoms with E-state index in [4.69, 9.17) is 0 Å². The summed E-state index contributed by atoms with van der Waals surface area (Å²) in [5.74, 6) is 1.07. The Morgan fingerprint density at radius 1 is 1.15 bits per heavy atom. The second-order valence-electron chi connectivity index (χ2n) is 6.63. The van der Waals surface area contributed by atoms with Crippen molar-refractivity contribution in [3.05, 3.63) is 35.1 Å². The van der Waals surface area contributed by atoms with E-state index in [1.165, 1.54) is 37.7 Å². The molecule has 0 spiro atoms. The summed E-state index contributed by atoms with van der Waals surface area (Å²) in [6, 6.07) is 6.09. The summed E-state index contributed by atoms with van der Waals surface area (Å²) in [7, 11) is 0. The fourth-order valence-corrected chi connectivity index (χ4v) is 3.43. The molecule has 0 saturated heterocycles. The molecule has 2 unspecified atom stereocenters. The maximum Gasteiger partial charge on any atom is 0.123 e. The Labute approximate surface area is 123 Å². The molecule has 0 bridgehead atoms. The zero-order chi connectivity index (χ0) is 14.5. The lowest BCUT2D eigenvalue weighted by atomic mass is 9.81. The Kier molecular flexibility index (Phi) is 5.59. The lowest BCUT2D eigenvalue weighted by Gasteiger charge is -2.27. The topological polar surface area (TPSA) is 12.0 Å². The van der Waals surface area contributed by atoms with Crippen LogP contribution in [0.1, 0.15) is 63.0 Å². The lowest BCUT2D eigenvalue weighted by molar-refractivity contribution is 0.362. The maximum absolute atomic E-state index is 13.7. The van der Waals surface area contributed by atoms with Gasteiger partial charge in [-0.15, -0.1) is 0 Å². The van der Waals surface area contributed by atoms with Gasteiger partial charge in [0.2, 0.25) is 0 Å². The highest BCUT2D eigenvalue weighted by atomic mass is 19.1. The Bertz CT molecular complexity index is 407. The fourth-order valence-electron chi connectivity index (χ4n) is 3.43. The van der Waals surface area contributed by atoms with Crippen molar-refractivity contribution < 1.29 is 4.39 Å². The first-order chi connectivity index (χ1) is 9.56. The van der Waals surface area contributed by atoms with Crippen LogP contribution in [-0.4, -0.2) is 12.6 Å². The summed E-state index contributed by atoms with van der Waals surface area (Å²) in [5.41, 5.74) is 2.25. The third-order valence-electron chi connectivity index (χ3n) is 4.44. The van der Waals surface area contributed by atoms with Gasteiger partial charge in [0, 0.05) is 6.04 Å². The average molecular weight is 277 g/mol. The Balaban J connectivity index is 2.18. The first-order valence-electron chi connectivity index (χ1n) is 8.06. The standard InChI is InChI=1S/C18H28FN/c1-13(2)20-12-15-7-5-4-6-8-18(15)16-9-14(3)10-17(19)11-16/h9-11,13,15,18,20H,4-8,12H2,1-3H3. The molecule has 2 rings (SSSR count). The summed E-state index contributed by atoms with van der Waals surface area (Å²) in [6.45, 7) is 7.43. The molecule has 112 valence electrons. The predicted molar refractivity (Wildman–Crippen MR) is 83.6 cm³/mol. The van der Waals surface area contributed by atoms with Gasteiger partial charge in [-0.2, -0.15) is 0 Å². The van der Waals surface area contributed by atoms with Crippen molar-refractivity contribution in [2.24, 2.45) is 5.92 Å². The molecule has 0 amide bonds. The minimum Gasteiger partial charge on any atom is -0.314 e. The molecule has 0 heterocycles. The Morgan fingerprint density at radius 3 is 2.60 bits per heavy atom. The number of benzene rings is 1. The van der Waals surface area contributed by atoms with Gasteiger partial charge in [-0.05, 0) is 61.4 Å². The maximum atomic E-state index is 13.7. The van der Waals surface area contributed by atoms with Crippen molar-refractivity contribution in [1.82, 2.24) is 5.32 Å². The highest BCUT2D eigenvalue weighted by Crippen LogP contribution is 2.37. The van der Waals surface area contributed by atoms with Crippen molar-refractivity contribution in [1.29, 1.82) is 0 Å². The molecule has 1 aromatic carbocycles. The smallest absolute Gasteiger partial charge is 0.123 e. The van der Waals surface area contributed by atoms with E-state index in [2.05, 4.69) is 25.2 Å². The van der Waals surface area contributed by atoms with Gasteiger partial charge in [0.25, 0.3) is 0 Å². The van der Waals surface area contributed by atoms with Crippen molar-refractivity contribution in [2.75, 3.05) is 6.54 Å². The molecule has 2 heteroatoms. The Morgan fingerprint density at radius 2 is 1.90 bits per heavy atom. The van der Waals surface area contributed by atoms with E-state index in [9.17, 15) is 4.39 Å². The summed E-state index contributed by atoms with van der Waals surface area (Å²) >= 11 is 0. The second kappa shape index (κ2) is 7.21. The van der Waals surface area contributed by atoms with E-state index in [0.29, 0.717) is 17.9 Å². The quantitative estimate of drug-likeness (QED) is 0.780. The molecule has 0 radical (unpaired) electrons. The first-order valence-corrected chi connectivity index (χ1v) is 8.06. The van der Waals surface area contributed by atoms with Crippen LogP contribution in [0.15, 0.2) is 18.2 Å². The summed E-state index contributed by atoms with van der Waals surface area (Å²) in [4.78, 5) is 0. The largest absolute Gasteiger partial charge is 0.314 e. The van der Waals surface area contributed by atoms with E-state index >= 15 is 0 Å². The molecule has 1 aromatic rings. The second-order valence-corrected chi connectivity index (χ2v) is 6.63. The van der Waals surface area contributed by atoms with Crippen LogP contribution in [0.3, 0.4) is 0 Å². The van der Waals surface area contributed by atoms with Gasteiger partial charge in [-0.3, -0.25) is 0 Å². The molecule has 0 aromatic heterocycles. The number of hydrogen-bond acceptors (Lipinski definition) is 1. The van der Waals surface area contributed by atoms with E-state index < -0.39 is 0 Å². The molecular weight excluding hydrogens is 249 g/mol. The summed E-state index contributed by atoms with van der Waals surface area (Å²) < 4.78 is 13.7. The van der Waals surface area contributed by atoms with E-state index in [1.807, 2.05) is 6.92 Å². The van der Waals surface area contributed by atoms with Gasteiger partial charge >= 0.3 is 0 Å². The van der Waals surface area contributed by atoms with E-state index in [0.717, 1.165) is 12.1 Å². The first kappa shape index (κ1) is 15.5. The number of nitrogens with one attached hydrogen (secondary N) is 1. The van der Waals surface area contributed by atoms with Gasteiger partial charge in [-0.25, -0.2) is 4.39 Å². The predicted octanol–water partition coefficient (Wildman–Crippen LogP) is 4.80. The minimum atomic E-state index is -0.0835. The van der Waals surface area contributed by atoms with Crippen LogP contribution >= 0.6 is 0 Å². The average Bonchev–Trinajstić information content (AvgIpc) is 2.60. The van der Waals surface area contributed by atoms with Gasteiger partial charge in [-0.1, -0.05) is 39.2 Å². The lowest BCUT2D eigenvalue weighted by Crippen LogP contribution is -2.31. The number of hydrogen-bond donors (Lipinski definition) is 1. The van der Waals surface area contributed by atoms with Crippen molar-refractivity contribution in [3.8, 4) is 0 Å². The van der Waals surface area contributed by atoms with Crippen LogP contribution in [-0.2, 0) is 0 Å². The van der Waals surface area contributed by atoms with E-state index in [-0.39, 0.29) is 5.82 Å². The highest BCUT2D eigenvalue weighted by Gasteiger charge is 2.25. The van der Waals surface area contributed by atoms with Crippen LogP contribution < -0.4 is 5.32 Å². The highest BCUT2D eigenvalue weighted by molar-refractivity contribution is 5.27. The van der Waals surface area contributed by atoms with Crippen LogP contribution in [0, 0.1) is 18.7 Å². The fraction of sp³-hybridized carbons (Fsp3) is 0.667. The van der Waals surface area contributed by atoms with Gasteiger partial charge in [0.05, 0.1) is 0 Å².